The van der Waals surface area contributed by atoms with Crippen LogP contribution in [-0.4, -0.2) is 42.5 Å². The fourth-order valence-electron chi connectivity index (χ4n) is 3.70. The predicted molar refractivity (Wildman–Crippen MR) is 117 cm³/mol. The number of carbonyl (C=O) groups is 1. The first-order valence-electron chi connectivity index (χ1n) is 10.5. The smallest absolute Gasteiger partial charge is 0.181 e. The van der Waals surface area contributed by atoms with Gasteiger partial charge in [-0.1, -0.05) is 24.1 Å². The summed E-state index contributed by atoms with van der Waals surface area (Å²) in [4.78, 5) is 15.1. The first kappa shape index (κ1) is 22.4. The maximum Gasteiger partial charge on any atom is 0.181 e. The molecule has 2 rings (SSSR count). The number of allylic oxidation sites excluding steroid dienone is 3. The van der Waals surface area contributed by atoms with E-state index >= 15 is 0 Å². The summed E-state index contributed by atoms with van der Waals surface area (Å²) in [6.45, 7) is 11.0. The molecule has 154 valence electrons. The Bertz CT molecular complexity index is 687. The van der Waals surface area contributed by atoms with E-state index in [1.54, 1.807) is 0 Å². The molecule has 0 saturated carbocycles. The fourth-order valence-corrected chi connectivity index (χ4v) is 3.70. The van der Waals surface area contributed by atoms with Crippen molar-refractivity contribution in [2.75, 3.05) is 19.7 Å². The molecule has 0 aromatic heterocycles. The molecule has 1 heterocycles. The fraction of sp³-hybridized carbons (Fsp3) is 0.542. The number of Topliss-reactive ketones (excluding diaryl/α,β-unsaturated/α-hetero) is 1. The van der Waals surface area contributed by atoms with Crippen molar-refractivity contribution in [3.05, 3.63) is 53.1 Å². The molecule has 1 saturated heterocycles. The van der Waals surface area contributed by atoms with E-state index in [0.717, 1.165) is 44.5 Å². The second kappa shape index (κ2) is 11.2. The Morgan fingerprint density at radius 3 is 2.61 bits per heavy atom. The molecule has 2 unspecified atom stereocenters. The van der Waals surface area contributed by atoms with Crippen molar-refractivity contribution in [1.82, 2.24) is 4.90 Å². The molecule has 2 N–H and O–H groups in total. The summed E-state index contributed by atoms with van der Waals surface area (Å²) in [6.07, 6.45) is 8.61. The molecule has 1 aromatic carbocycles. The molecule has 0 radical (unpaired) electrons. The predicted octanol–water partition coefficient (Wildman–Crippen LogP) is 4.75. The molecule has 2 atom stereocenters. The number of ether oxygens (including phenoxy) is 1. The lowest BCUT2D eigenvalue weighted by atomic mass is 9.97. The maximum atomic E-state index is 12.7. The van der Waals surface area contributed by atoms with Crippen molar-refractivity contribution < 1.29 is 9.53 Å². The average Bonchev–Trinajstić information content (AvgIpc) is 3.16. The van der Waals surface area contributed by atoms with Crippen LogP contribution in [0, 0.1) is 0 Å². The lowest BCUT2D eigenvalue weighted by Gasteiger charge is -2.27. The molecule has 0 amide bonds. The number of carbonyl (C=O) groups excluding carboxylic acids is 1. The summed E-state index contributed by atoms with van der Waals surface area (Å²) in [5.74, 6) is 0.793. The van der Waals surface area contributed by atoms with Crippen LogP contribution in [0.1, 0.15) is 63.7 Å². The van der Waals surface area contributed by atoms with E-state index in [9.17, 15) is 4.79 Å². The molecule has 1 aromatic rings. The van der Waals surface area contributed by atoms with Crippen molar-refractivity contribution in [3.63, 3.8) is 0 Å². The van der Waals surface area contributed by atoms with Gasteiger partial charge in [0.2, 0.25) is 0 Å². The minimum atomic E-state index is -0.458. The zero-order chi connectivity index (χ0) is 20.5. The Balaban J connectivity index is 1.85. The molecule has 0 spiro atoms. The average molecular weight is 385 g/mol. The van der Waals surface area contributed by atoms with E-state index in [-0.39, 0.29) is 11.8 Å². The van der Waals surface area contributed by atoms with Gasteiger partial charge in [-0.25, -0.2) is 0 Å². The van der Waals surface area contributed by atoms with Gasteiger partial charge in [0, 0.05) is 11.6 Å². The third-order valence-corrected chi connectivity index (χ3v) is 5.45. The third kappa shape index (κ3) is 6.61. The highest BCUT2D eigenvalue weighted by molar-refractivity contribution is 6.00. The minimum absolute atomic E-state index is 0.0203. The van der Waals surface area contributed by atoms with E-state index in [1.165, 1.54) is 11.1 Å². The van der Waals surface area contributed by atoms with Crippen LogP contribution in [0.5, 0.6) is 5.75 Å². The summed E-state index contributed by atoms with van der Waals surface area (Å²) in [7, 11) is 0. The van der Waals surface area contributed by atoms with Crippen molar-refractivity contribution in [3.8, 4) is 5.75 Å². The van der Waals surface area contributed by atoms with Crippen molar-refractivity contribution in [1.29, 1.82) is 0 Å². The summed E-state index contributed by atoms with van der Waals surface area (Å²) >= 11 is 0. The largest absolute Gasteiger partial charge is 0.490 e. The number of likely N-dealkylation sites (tertiary alicyclic amines) is 1. The molecular weight excluding hydrogens is 348 g/mol. The SMILES string of the molecule is CCN1CCCC1C(N)C(=O)c1ccc(OC/C=C(\C)CCC=C(C)C)cc1. The van der Waals surface area contributed by atoms with Crippen LogP contribution >= 0.6 is 0 Å². The quantitative estimate of drug-likeness (QED) is 0.467. The van der Waals surface area contributed by atoms with E-state index < -0.39 is 6.04 Å². The van der Waals surface area contributed by atoms with Crippen LogP contribution in [0.2, 0.25) is 0 Å². The highest BCUT2D eigenvalue weighted by atomic mass is 16.5. The zero-order valence-corrected chi connectivity index (χ0v) is 17.9. The Morgan fingerprint density at radius 1 is 1.25 bits per heavy atom. The van der Waals surface area contributed by atoms with Gasteiger partial charge in [0.25, 0.3) is 0 Å². The Kier molecular flexibility index (Phi) is 8.94. The monoisotopic (exact) mass is 384 g/mol. The van der Waals surface area contributed by atoms with Gasteiger partial charge < -0.3 is 10.5 Å². The van der Waals surface area contributed by atoms with Gasteiger partial charge in [-0.2, -0.15) is 0 Å². The minimum Gasteiger partial charge on any atom is -0.490 e. The first-order valence-corrected chi connectivity index (χ1v) is 10.5. The number of ketones is 1. The first-order chi connectivity index (χ1) is 13.4. The van der Waals surface area contributed by atoms with Crippen LogP contribution < -0.4 is 10.5 Å². The van der Waals surface area contributed by atoms with Crippen molar-refractivity contribution >= 4 is 5.78 Å². The lowest BCUT2D eigenvalue weighted by Crippen LogP contribution is -2.48. The van der Waals surface area contributed by atoms with Gasteiger partial charge in [0.15, 0.2) is 5.78 Å². The van der Waals surface area contributed by atoms with Gasteiger partial charge >= 0.3 is 0 Å². The standard InChI is InChI=1S/C24H36N2O2/c1-5-26-16-7-10-22(26)23(25)24(27)20-11-13-21(14-12-20)28-17-15-19(4)9-6-8-18(2)3/h8,11-15,22-23H,5-7,9-10,16-17,25H2,1-4H3/b19-15+. The van der Waals surface area contributed by atoms with Crippen LogP contribution in [0.4, 0.5) is 0 Å². The number of hydrogen-bond acceptors (Lipinski definition) is 4. The number of benzene rings is 1. The topological polar surface area (TPSA) is 55.6 Å². The third-order valence-electron chi connectivity index (χ3n) is 5.45. The van der Waals surface area contributed by atoms with Gasteiger partial charge in [0.1, 0.15) is 12.4 Å². The number of nitrogens with zero attached hydrogens (tertiary/aromatic N) is 1. The Morgan fingerprint density at radius 2 is 1.96 bits per heavy atom. The van der Waals surface area contributed by atoms with Gasteiger partial charge in [0.05, 0.1) is 6.04 Å². The number of nitrogens with two attached hydrogens (primary N) is 1. The number of likely N-dealkylation sites (N-methyl/N-ethyl adjacent to an activating group) is 1. The molecule has 1 fully saturated rings. The second-order valence-electron chi connectivity index (χ2n) is 7.93. The summed E-state index contributed by atoms with van der Waals surface area (Å²) in [5.41, 5.74) is 9.64. The lowest BCUT2D eigenvalue weighted by molar-refractivity contribution is 0.0908. The number of hydrogen-bond donors (Lipinski definition) is 1. The second-order valence-corrected chi connectivity index (χ2v) is 7.93. The van der Waals surface area contributed by atoms with E-state index in [0.29, 0.717) is 12.2 Å². The highest BCUT2D eigenvalue weighted by Crippen LogP contribution is 2.22. The Labute approximate surface area is 170 Å². The van der Waals surface area contributed by atoms with Crippen LogP contribution in [-0.2, 0) is 0 Å². The molecular formula is C24H36N2O2. The van der Waals surface area contributed by atoms with Crippen LogP contribution in [0.25, 0.3) is 0 Å². The molecule has 28 heavy (non-hydrogen) atoms. The molecule has 0 bridgehead atoms. The molecule has 1 aliphatic rings. The van der Waals surface area contributed by atoms with Crippen LogP contribution in [0.15, 0.2) is 47.6 Å². The normalized spacial score (nSPS) is 18.8. The zero-order valence-electron chi connectivity index (χ0n) is 17.9. The van der Waals surface area contributed by atoms with E-state index in [1.807, 2.05) is 24.3 Å². The van der Waals surface area contributed by atoms with Crippen molar-refractivity contribution in [2.45, 2.75) is 65.5 Å². The van der Waals surface area contributed by atoms with E-state index in [4.69, 9.17) is 10.5 Å². The maximum absolute atomic E-state index is 12.7. The molecule has 4 nitrogen and oxygen atoms in total. The summed E-state index contributed by atoms with van der Waals surface area (Å²) in [5, 5.41) is 0. The van der Waals surface area contributed by atoms with Gasteiger partial charge in [-0.3, -0.25) is 9.69 Å². The number of rotatable bonds is 10. The summed E-state index contributed by atoms with van der Waals surface area (Å²) < 4.78 is 5.79. The molecule has 0 aliphatic carbocycles. The summed E-state index contributed by atoms with van der Waals surface area (Å²) in [6, 6.07) is 7.08. The molecule has 4 heteroatoms. The van der Waals surface area contributed by atoms with Gasteiger partial charge in [-0.05, 0) is 89.9 Å². The van der Waals surface area contributed by atoms with Gasteiger partial charge in [-0.15, -0.1) is 0 Å². The Hall–Kier alpha value is -1.91. The highest BCUT2D eigenvalue weighted by Gasteiger charge is 2.32. The van der Waals surface area contributed by atoms with Crippen LogP contribution in [0.3, 0.4) is 0 Å². The van der Waals surface area contributed by atoms with Crippen molar-refractivity contribution in [2.24, 2.45) is 5.73 Å². The van der Waals surface area contributed by atoms with E-state index in [2.05, 4.69) is 44.7 Å². The molecule has 1 aliphatic heterocycles.